The van der Waals surface area contributed by atoms with E-state index in [4.69, 9.17) is 10.5 Å². The molecule has 4 heteroatoms. The number of methoxy groups -OCH3 is 1. The monoisotopic (exact) mass is 302 g/mol. The molecule has 3 rings (SSSR count). The number of rotatable bonds is 7. The quantitative estimate of drug-likeness (QED) is 0.851. The van der Waals surface area contributed by atoms with Gasteiger partial charge in [-0.25, -0.2) is 0 Å². The van der Waals surface area contributed by atoms with Crippen molar-refractivity contribution in [2.45, 2.75) is 31.5 Å². The topological polar surface area (TPSA) is 38.5 Å². The van der Waals surface area contributed by atoms with Crippen molar-refractivity contribution >= 4 is 11.3 Å². The summed E-state index contributed by atoms with van der Waals surface area (Å²) >= 11 is 1.82. The number of nitrogens with two attached hydrogens (primary N) is 1. The summed E-state index contributed by atoms with van der Waals surface area (Å²) in [5, 5.41) is 2.14. The Morgan fingerprint density at radius 1 is 1.33 bits per heavy atom. The van der Waals surface area contributed by atoms with E-state index in [1.54, 1.807) is 7.11 Å². The molecular weight excluding hydrogens is 280 g/mol. The Bertz CT molecular complexity index is 566. The molecule has 0 aliphatic heterocycles. The fraction of sp³-hybridized carbons (Fsp3) is 0.412. The van der Waals surface area contributed by atoms with Crippen molar-refractivity contribution < 1.29 is 4.74 Å². The third kappa shape index (κ3) is 3.46. The molecule has 112 valence electrons. The average molecular weight is 302 g/mol. The van der Waals surface area contributed by atoms with Crippen molar-refractivity contribution in [1.82, 2.24) is 4.90 Å². The lowest BCUT2D eigenvalue weighted by Crippen LogP contribution is -2.34. The summed E-state index contributed by atoms with van der Waals surface area (Å²) in [5.41, 5.74) is 7.36. The van der Waals surface area contributed by atoms with Crippen molar-refractivity contribution in [3.63, 3.8) is 0 Å². The minimum absolute atomic E-state index is 0.259. The van der Waals surface area contributed by atoms with E-state index in [0.717, 1.165) is 12.3 Å². The Labute approximate surface area is 130 Å². The minimum atomic E-state index is 0.259. The van der Waals surface area contributed by atoms with Gasteiger partial charge in [0.15, 0.2) is 0 Å². The van der Waals surface area contributed by atoms with E-state index in [2.05, 4.69) is 34.5 Å². The number of thiophene rings is 1. The van der Waals surface area contributed by atoms with Gasteiger partial charge in [0.1, 0.15) is 5.75 Å². The molecule has 0 amide bonds. The zero-order valence-electron chi connectivity index (χ0n) is 12.4. The van der Waals surface area contributed by atoms with Crippen molar-refractivity contribution in [3.8, 4) is 5.75 Å². The van der Waals surface area contributed by atoms with Crippen LogP contribution in [0.1, 0.15) is 29.3 Å². The van der Waals surface area contributed by atoms with Crippen LogP contribution >= 0.6 is 11.3 Å². The van der Waals surface area contributed by atoms with Crippen molar-refractivity contribution in [1.29, 1.82) is 0 Å². The lowest BCUT2D eigenvalue weighted by Gasteiger charge is -2.31. The molecule has 2 aromatic rings. The molecule has 1 heterocycles. The highest BCUT2D eigenvalue weighted by Crippen LogP contribution is 2.36. The highest BCUT2D eigenvalue weighted by atomic mass is 32.1. The number of benzene rings is 1. The first-order valence-electron chi connectivity index (χ1n) is 7.44. The standard InChI is InChI=1S/C17H22N2OS/c1-20-15-5-2-4-13(10-15)17(11-18)19(14-7-8-14)12-16-6-3-9-21-16/h2-6,9-10,14,17H,7-8,11-12,18H2,1H3. The molecule has 3 nitrogen and oxygen atoms in total. The van der Waals surface area contributed by atoms with Gasteiger partial charge in [-0.2, -0.15) is 0 Å². The van der Waals surface area contributed by atoms with Crippen LogP contribution in [-0.4, -0.2) is 24.6 Å². The van der Waals surface area contributed by atoms with Crippen LogP contribution in [0.5, 0.6) is 5.75 Å². The van der Waals surface area contributed by atoms with Gasteiger partial charge in [-0.15, -0.1) is 11.3 Å². The predicted octanol–water partition coefficient (Wildman–Crippen LogP) is 3.42. The molecule has 1 aliphatic rings. The molecule has 0 spiro atoms. The Morgan fingerprint density at radius 3 is 2.81 bits per heavy atom. The zero-order chi connectivity index (χ0) is 14.7. The van der Waals surface area contributed by atoms with Crippen LogP contribution in [0.2, 0.25) is 0 Å². The van der Waals surface area contributed by atoms with E-state index in [1.165, 1.54) is 23.3 Å². The Morgan fingerprint density at radius 2 is 2.19 bits per heavy atom. The second kappa shape index (κ2) is 6.60. The Kier molecular flexibility index (Phi) is 4.58. The molecule has 0 bridgehead atoms. The highest BCUT2D eigenvalue weighted by Gasteiger charge is 2.34. The van der Waals surface area contributed by atoms with Crippen LogP contribution in [0, 0.1) is 0 Å². The largest absolute Gasteiger partial charge is 0.497 e. The first kappa shape index (κ1) is 14.6. The minimum Gasteiger partial charge on any atom is -0.497 e. The lowest BCUT2D eigenvalue weighted by molar-refractivity contribution is 0.183. The van der Waals surface area contributed by atoms with Crippen LogP contribution in [0.4, 0.5) is 0 Å². The molecular formula is C17H22N2OS. The van der Waals surface area contributed by atoms with Crippen molar-refractivity contribution in [3.05, 3.63) is 52.2 Å². The van der Waals surface area contributed by atoms with Gasteiger partial charge in [0, 0.05) is 30.1 Å². The van der Waals surface area contributed by atoms with Gasteiger partial charge < -0.3 is 10.5 Å². The van der Waals surface area contributed by atoms with E-state index in [0.29, 0.717) is 12.6 Å². The molecule has 1 unspecified atom stereocenters. The van der Waals surface area contributed by atoms with Crippen molar-refractivity contribution in [2.24, 2.45) is 5.73 Å². The molecule has 1 aliphatic carbocycles. The summed E-state index contributed by atoms with van der Waals surface area (Å²) in [6.45, 7) is 1.62. The van der Waals surface area contributed by atoms with Crippen LogP contribution in [-0.2, 0) is 6.54 Å². The third-order valence-electron chi connectivity index (χ3n) is 4.04. The van der Waals surface area contributed by atoms with Gasteiger partial charge >= 0.3 is 0 Å². The summed E-state index contributed by atoms with van der Waals surface area (Å²) < 4.78 is 5.35. The highest BCUT2D eigenvalue weighted by molar-refractivity contribution is 7.09. The van der Waals surface area contributed by atoms with E-state index < -0.39 is 0 Å². The maximum atomic E-state index is 6.11. The second-order valence-corrected chi connectivity index (χ2v) is 6.54. The molecule has 2 N–H and O–H groups in total. The summed E-state index contributed by atoms with van der Waals surface area (Å²) in [6, 6.07) is 13.6. The summed E-state index contributed by atoms with van der Waals surface area (Å²) in [5.74, 6) is 0.901. The lowest BCUT2D eigenvalue weighted by atomic mass is 10.0. The maximum absolute atomic E-state index is 6.11. The molecule has 0 radical (unpaired) electrons. The first-order valence-corrected chi connectivity index (χ1v) is 8.32. The molecule has 1 atom stereocenters. The number of hydrogen-bond donors (Lipinski definition) is 1. The van der Waals surface area contributed by atoms with Crippen LogP contribution < -0.4 is 10.5 Å². The van der Waals surface area contributed by atoms with Crippen LogP contribution in [0.3, 0.4) is 0 Å². The molecule has 1 saturated carbocycles. The Balaban J connectivity index is 1.84. The zero-order valence-corrected chi connectivity index (χ0v) is 13.2. The fourth-order valence-electron chi connectivity index (χ4n) is 2.79. The van der Waals surface area contributed by atoms with E-state index in [-0.39, 0.29) is 6.04 Å². The van der Waals surface area contributed by atoms with Gasteiger partial charge in [-0.3, -0.25) is 4.90 Å². The van der Waals surface area contributed by atoms with Gasteiger partial charge in [0.2, 0.25) is 0 Å². The molecule has 1 aromatic carbocycles. The summed E-state index contributed by atoms with van der Waals surface area (Å²) in [6.07, 6.45) is 2.57. The average Bonchev–Trinajstić information content (AvgIpc) is 3.24. The molecule has 21 heavy (non-hydrogen) atoms. The Hall–Kier alpha value is -1.36. The van der Waals surface area contributed by atoms with Gasteiger partial charge in [-0.1, -0.05) is 18.2 Å². The van der Waals surface area contributed by atoms with Gasteiger partial charge in [0.25, 0.3) is 0 Å². The molecule has 1 aromatic heterocycles. The van der Waals surface area contributed by atoms with E-state index >= 15 is 0 Å². The van der Waals surface area contributed by atoms with Crippen LogP contribution in [0.25, 0.3) is 0 Å². The third-order valence-corrected chi connectivity index (χ3v) is 4.90. The van der Waals surface area contributed by atoms with E-state index in [1.807, 2.05) is 23.5 Å². The molecule has 1 fully saturated rings. The smallest absolute Gasteiger partial charge is 0.119 e. The fourth-order valence-corrected chi connectivity index (χ4v) is 3.51. The predicted molar refractivity (Wildman–Crippen MR) is 87.7 cm³/mol. The van der Waals surface area contributed by atoms with Crippen LogP contribution in [0.15, 0.2) is 41.8 Å². The number of nitrogens with zero attached hydrogens (tertiary/aromatic N) is 1. The second-order valence-electron chi connectivity index (χ2n) is 5.51. The normalized spacial score (nSPS) is 16.1. The number of ether oxygens (including phenoxy) is 1. The SMILES string of the molecule is COc1cccc(C(CN)N(Cc2cccs2)C2CC2)c1. The summed E-state index contributed by atoms with van der Waals surface area (Å²) in [4.78, 5) is 3.96. The van der Waals surface area contributed by atoms with Gasteiger partial charge in [-0.05, 0) is 42.0 Å². The van der Waals surface area contributed by atoms with Gasteiger partial charge in [0.05, 0.1) is 7.11 Å². The maximum Gasteiger partial charge on any atom is 0.119 e. The molecule has 0 saturated heterocycles. The summed E-state index contributed by atoms with van der Waals surface area (Å²) in [7, 11) is 1.71. The van der Waals surface area contributed by atoms with E-state index in [9.17, 15) is 0 Å². The first-order chi connectivity index (χ1) is 10.3. The number of hydrogen-bond acceptors (Lipinski definition) is 4. The van der Waals surface area contributed by atoms with Crippen molar-refractivity contribution in [2.75, 3.05) is 13.7 Å².